The van der Waals surface area contributed by atoms with Gasteiger partial charge >= 0.3 is 0 Å². The molecule has 0 fully saturated rings. The van der Waals surface area contributed by atoms with Crippen LogP contribution in [-0.4, -0.2) is 39.1 Å². The molecule has 0 unspecified atom stereocenters. The summed E-state index contributed by atoms with van der Waals surface area (Å²) in [4.78, 5) is 22.6. The molecular weight excluding hydrogens is 340 g/mol. The molecule has 0 aliphatic rings. The van der Waals surface area contributed by atoms with E-state index in [1.807, 2.05) is 62.3 Å². The van der Waals surface area contributed by atoms with Crippen molar-refractivity contribution in [1.82, 2.24) is 10.3 Å². The van der Waals surface area contributed by atoms with Gasteiger partial charge in [0.05, 0.1) is 9.58 Å². The Morgan fingerprint density at radius 1 is 1.12 bits per heavy atom. The number of rotatable bonds is 5. The van der Waals surface area contributed by atoms with E-state index in [4.69, 9.17) is 0 Å². The summed E-state index contributed by atoms with van der Waals surface area (Å²) in [7, 11) is 7.95. The summed E-state index contributed by atoms with van der Waals surface area (Å²) in [5.41, 5.74) is 2.21. The van der Waals surface area contributed by atoms with E-state index < -0.39 is 0 Å². The number of aromatic nitrogens is 1. The zero-order valence-electron chi connectivity index (χ0n) is 14.2. The molecule has 2 heterocycles. The predicted molar refractivity (Wildman–Crippen MR) is 104 cm³/mol. The van der Waals surface area contributed by atoms with Gasteiger partial charge in [-0.1, -0.05) is 23.5 Å². The van der Waals surface area contributed by atoms with Gasteiger partial charge in [-0.3, -0.25) is 4.79 Å². The number of thiophene rings is 1. The van der Waals surface area contributed by atoms with Crippen molar-refractivity contribution in [1.29, 1.82) is 0 Å². The van der Waals surface area contributed by atoms with E-state index in [-0.39, 0.29) is 5.91 Å². The second-order valence-corrected chi connectivity index (χ2v) is 7.96. The number of amides is 1. The lowest BCUT2D eigenvalue weighted by Gasteiger charge is -2.13. The molecule has 2 aromatic heterocycles. The molecule has 0 radical (unpaired) electrons. The first kappa shape index (κ1) is 16.7. The molecule has 1 N–H and O–H groups in total. The zero-order valence-corrected chi connectivity index (χ0v) is 15.8. The molecule has 1 aromatic carbocycles. The second-order valence-electron chi connectivity index (χ2n) is 5.92. The Hall–Kier alpha value is -2.12. The fraction of sp³-hybridized carbons (Fsp3) is 0.294. The molecule has 0 spiro atoms. The molecule has 0 aliphatic carbocycles. The van der Waals surface area contributed by atoms with Crippen LogP contribution in [0.25, 0.3) is 9.53 Å². The van der Waals surface area contributed by atoms with Gasteiger partial charge in [0.2, 0.25) is 0 Å². The fourth-order valence-electron chi connectivity index (χ4n) is 2.24. The third-order valence-electron chi connectivity index (χ3n) is 3.56. The van der Waals surface area contributed by atoms with E-state index in [9.17, 15) is 4.79 Å². The van der Waals surface area contributed by atoms with E-state index >= 15 is 0 Å². The summed E-state index contributed by atoms with van der Waals surface area (Å²) in [6.07, 6.45) is 0. The Morgan fingerprint density at radius 2 is 1.92 bits per heavy atom. The van der Waals surface area contributed by atoms with E-state index in [1.54, 1.807) is 11.3 Å². The van der Waals surface area contributed by atoms with Gasteiger partial charge in [-0.25, -0.2) is 4.98 Å². The molecule has 3 aromatic rings. The van der Waals surface area contributed by atoms with Gasteiger partial charge in [-0.2, -0.15) is 0 Å². The van der Waals surface area contributed by atoms with E-state index in [2.05, 4.69) is 16.4 Å². The normalized spacial score (nSPS) is 10.8. The van der Waals surface area contributed by atoms with Crippen LogP contribution in [0, 0.1) is 0 Å². The molecule has 0 atom stereocenters. The highest BCUT2D eigenvalue weighted by molar-refractivity contribution is 7.29. The number of nitrogens with zero attached hydrogens (tertiary/aromatic N) is 3. The minimum atomic E-state index is -0.0492. The third kappa shape index (κ3) is 3.52. The van der Waals surface area contributed by atoms with Crippen LogP contribution in [0.4, 0.5) is 10.8 Å². The first-order chi connectivity index (χ1) is 11.4. The van der Waals surface area contributed by atoms with Crippen molar-refractivity contribution in [3.63, 3.8) is 0 Å². The molecule has 7 heteroatoms. The summed E-state index contributed by atoms with van der Waals surface area (Å²) in [6.45, 7) is 0.516. The summed E-state index contributed by atoms with van der Waals surface area (Å²) in [5, 5.41) is 3.95. The molecule has 0 aliphatic heterocycles. The Balaban J connectivity index is 1.68. The van der Waals surface area contributed by atoms with E-state index in [1.165, 1.54) is 11.3 Å². The van der Waals surface area contributed by atoms with Crippen molar-refractivity contribution in [2.24, 2.45) is 0 Å². The van der Waals surface area contributed by atoms with Crippen molar-refractivity contribution < 1.29 is 4.79 Å². The van der Waals surface area contributed by atoms with Crippen LogP contribution in [0.15, 0.2) is 30.3 Å². The van der Waals surface area contributed by atoms with Crippen molar-refractivity contribution in [2.75, 3.05) is 38.0 Å². The number of anilines is 2. The highest BCUT2D eigenvalue weighted by Gasteiger charge is 2.14. The number of benzene rings is 1. The number of nitrogens with one attached hydrogen (secondary N) is 1. The van der Waals surface area contributed by atoms with Gasteiger partial charge in [-0.05, 0) is 23.8 Å². The van der Waals surface area contributed by atoms with Crippen LogP contribution in [0.2, 0.25) is 0 Å². The van der Waals surface area contributed by atoms with Crippen molar-refractivity contribution in [2.45, 2.75) is 6.54 Å². The first-order valence-corrected chi connectivity index (χ1v) is 9.19. The van der Waals surface area contributed by atoms with Crippen molar-refractivity contribution >= 4 is 48.9 Å². The van der Waals surface area contributed by atoms with Gasteiger partial charge in [-0.15, -0.1) is 11.3 Å². The number of hydrogen-bond acceptors (Lipinski definition) is 6. The molecule has 0 bridgehead atoms. The van der Waals surface area contributed by atoms with Crippen LogP contribution in [0.1, 0.15) is 15.2 Å². The van der Waals surface area contributed by atoms with Gasteiger partial charge in [0.1, 0.15) is 4.83 Å². The van der Waals surface area contributed by atoms with Crippen molar-refractivity contribution in [3.8, 4) is 0 Å². The third-order valence-corrected chi connectivity index (χ3v) is 5.89. The maximum absolute atomic E-state index is 12.4. The van der Waals surface area contributed by atoms with Crippen LogP contribution in [-0.2, 0) is 6.54 Å². The average Bonchev–Trinajstić information content (AvgIpc) is 3.11. The quantitative estimate of drug-likeness (QED) is 0.757. The summed E-state index contributed by atoms with van der Waals surface area (Å²) >= 11 is 3.04. The van der Waals surface area contributed by atoms with Gasteiger partial charge in [0, 0.05) is 40.4 Å². The number of carbonyl (C=O) groups is 1. The first-order valence-electron chi connectivity index (χ1n) is 7.56. The second kappa shape index (κ2) is 6.78. The van der Waals surface area contributed by atoms with Gasteiger partial charge in [0.15, 0.2) is 5.13 Å². The standard InChI is InChI=1S/C17H20N4OS2/c1-20(2)12-7-5-6-11(8-12)10-18-15(22)13-9-14-16(23-13)19-17(24-14)21(3)4/h5-9H,10H2,1-4H3,(H,18,22). The largest absolute Gasteiger partial charge is 0.378 e. The molecule has 24 heavy (non-hydrogen) atoms. The summed E-state index contributed by atoms with van der Waals surface area (Å²) in [5.74, 6) is -0.0492. The van der Waals surface area contributed by atoms with Gasteiger partial charge in [0.25, 0.3) is 5.91 Å². The minimum Gasteiger partial charge on any atom is -0.378 e. The summed E-state index contributed by atoms with van der Waals surface area (Å²) < 4.78 is 1.06. The zero-order chi connectivity index (χ0) is 17.3. The monoisotopic (exact) mass is 360 g/mol. The van der Waals surface area contributed by atoms with E-state index in [0.29, 0.717) is 11.4 Å². The average molecular weight is 361 g/mol. The molecule has 3 rings (SSSR count). The summed E-state index contributed by atoms with van der Waals surface area (Å²) in [6, 6.07) is 10.1. The van der Waals surface area contributed by atoms with Crippen LogP contribution in [0.3, 0.4) is 0 Å². The minimum absolute atomic E-state index is 0.0492. The SMILES string of the molecule is CN(C)c1cccc(CNC(=O)c2cc3sc(N(C)C)nc3s2)c1. The Bertz CT molecular complexity index is 835. The lowest BCUT2D eigenvalue weighted by atomic mass is 10.2. The van der Waals surface area contributed by atoms with Crippen LogP contribution < -0.4 is 15.1 Å². The van der Waals surface area contributed by atoms with Crippen LogP contribution in [0.5, 0.6) is 0 Å². The predicted octanol–water partition coefficient (Wildman–Crippen LogP) is 3.42. The maximum Gasteiger partial charge on any atom is 0.261 e. The fourth-order valence-corrected chi connectivity index (χ4v) is 4.29. The van der Waals surface area contributed by atoms with Crippen LogP contribution >= 0.6 is 22.7 Å². The molecule has 126 valence electrons. The number of hydrogen-bond donors (Lipinski definition) is 1. The molecule has 1 amide bonds. The number of thiazole rings is 1. The highest BCUT2D eigenvalue weighted by Crippen LogP contribution is 2.33. The lowest BCUT2D eigenvalue weighted by molar-refractivity contribution is 0.0955. The Kier molecular flexibility index (Phi) is 4.73. The number of fused-ring (bicyclic) bond motifs is 1. The Labute approximate surface area is 149 Å². The topological polar surface area (TPSA) is 48.5 Å². The molecule has 0 saturated heterocycles. The molecule has 0 saturated carbocycles. The molecule has 5 nitrogen and oxygen atoms in total. The Morgan fingerprint density at radius 3 is 2.58 bits per heavy atom. The highest BCUT2D eigenvalue weighted by atomic mass is 32.1. The van der Waals surface area contributed by atoms with E-state index in [0.717, 1.165) is 25.9 Å². The molecular formula is C17H20N4OS2. The maximum atomic E-state index is 12.4. The smallest absolute Gasteiger partial charge is 0.261 e. The number of carbonyl (C=O) groups excluding carboxylic acids is 1. The van der Waals surface area contributed by atoms with Crippen molar-refractivity contribution in [3.05, 3.63) is 40.8 Å². The van der Waals surface area contributed by atoms with Gasteiger partial charge < -0.3 is 15.1 Å². The lowest BCUT2D eigenvalue weighted by Crippen LogP contribution is -2.22.